The van der Waals surface area contributed by atoms with Crippen molar-refractivity contribution in [2.75, 3.05) is 26.8 Å². The number of carbonyl (C=O) groups excluding carboxylic acids is 1. The van der Waals surface area contributed by atoms with E-state index in [1.807, 2.05) is 30.3 Å². The lowest BCUT2D eigenvalue weighted by molar-refractivity contribution is -0.121. The molecule has 0 saturated heterocycles. The Bertz CT molecular complexity index is 828. The van der Waals surface area contributed by atoms with Crippen LogP contribution in [-0.2, 0) is 26.1 Å². The maximum Gasteiger partial charge on any atom is 0.243 e. The van der Waals surface area contributed by atoms with Crippen molar-refractivity contribution < 1.29 is 17.9 Å². The van der Waals surface area contributed by atoms with E-state index in [9.17, 15) is 13.2 Å². The summed E-state index contributed by atoms with van der Waals surface area (Å²) in [4.78, 5) is 12.2. The molecule has 1 amide bonds. The van der Waals surface area contributed by atoms with E-state index < -0.39 is 15.9 Å². The van der Waals surface area contributed by atoms with Crippen LogP contribution in [0, 0.1) is 0 Å². The van der Waals surface area contributed by atoms with Crippen LogP contribution in [-0.4, -0.2) is 45.4 Å². The number of nitrogens with zero attached hydrogens (tertiary/aromatic N) is 1. The molecule has 0 heterocycles. The summed E-state index contributed by atoms with van der Waals surface area (Å²) in [7, 11) is -2.37. The first-order valence-corrected chi connectivity index (χ1v) is 9.80. The minimum absolute atomic E-state index is 0.0469. The Morgan fingerprint density at radius 1 is 1.15 bits per heavy atom. The lowest BCUT2D eigenvalue weighted by atomic mass is 10.2. The average molecular weight is 397 g/mol. The number of rotatable bonds is 9. The number of halogens is 1. The number of sulfonamides is 1. The van der Waals surface area contributed by atoms with Crippen LogP contribution >= 0.6 is 11.6 Å². The van der Waals surface area contributed by atoms with Crippen molar-refractivity contribution in [3.8, 4) is 0 Å². The van der Waals surface area contributed by atoms with Crippen LogP contribution in [0.5, 0.6) is 0 Å². The Morgan fingerprint density at radius 3 is 2.54 bits per heavy atom. The first kappa shape index (κ1) is 20.4. The summed E-state index contributed by atoms with van der Waals surface area (Å²) in [5.74, 6) is -0.399. The molecule has 0 unspecified atom stereocenters. The van der Waals surface area contributed by atoms with Gasteiger partial charge in [-0.25, -0.2) is 8.42 Å². The molecular formula is C18H21ClN2O4S. The second kappa shape index (κ2) is 9.68. The average Bonchev–Trinajstić information content (AvgIpc) is 2.62. The van der Waals surface area contributed by atoms with Crippen molar-refractivity contribution in [2.45, 2.75) is 11.4 Å². The highest BCUT2D eigenvalue weighted by Crippen LogP contribution is 2.21. The fourth-order valence-electron chi connectivity index (χ4n) is 2.30. The highest BCUT2D eigenvalue weighted by atomic mass is 35.5. The fraction of sp³-hybridized carbons (Fsp3) is 0.278. The van der Waals surface area contributed by atoms with Gasteiger partial charge in [0.1, 0.15) is 0 Å². The van der Waals surface area contributed by atoms with Gasteiger partial charge in [-0.15, -0.1) is 0 Å². The first-order valence-electron chi connectivity index (χ1n) is 7.99. The van der Waals surface area contributed by atoms with E-state index in [-0.39, 0.29) is 18.0 Å². The van der Waals surface area contributed by atoms with Gasteiger partial charge in [-0.2, -0.15) is 4.31 Å². The van der Waals surface area contributed by atoms with Crippen LogP contribution in [0.25, 0.3) is 0 Å². The maximum absolute atomic E-state index is 13.0. The Kier molecular flexibility index (Phi) is 7.59. The Morgan fingerprint density at radius 2 is 1.88 bits per heavy atom. The molecule has 0 atom stereocenters. The summed E-state index contributed by atoms with van der Waals surface area (Å²) in [5, 5.41) is 2.95. The van der Waals surface area contributed by atoms with E-state index in [4.69, 9.17) is 16.3 Å². The molecule has 0 aliphatic heterocycles. The molecule has 2 aromatic rings. The van der Waals surface area contributed by atoms with Crippen molar-refractivity contribution in [1.29, 1.82) is 0 Å². The molecule has 1 N–H and O–H groups in total. The lowest BCUT2D eigenvalue weighted by Crippen LogP contribution is -2.41. The topological polar surface area (TPSA) is 75.7 Å². The van der Waals surface area contributed by atoms with Crippen molar-refractivity contribution >= 4 is 27.5 Å². The van der Waals surface area contributed by atoms with Gasteiger partial charge in [-0.3, -0.25) is 4.79 Å². The first-order chi connectivity index (χ1) is 12.4. The van der Waals surface area contributed by atoms with E-state index in [2.05, 4.69) is 5.32 Å². The van der Waals surface area contributed by atoms with Crippen LogP contribution in [0.3, 0.4) is 0 Å². The number of hydrogen-bond donors (Lipinski definition) is 1. The van der Waals surface area contributed by atoms with Crippen molar-refractivity contribution in [2.24, 2.45) is 0 Å². The standard InChI is InChI=1S/C18H21ClN2O4S/c1-25-11-10-20-18(22)14-21(13-15-6-3-2-4-7-15)26(23,24)17-9-5-8-16(19)12-17/h2-9,12H,10-11,13-14H2,1H3,(H,20,22). The highest BCUT2D eigenvalue weighted by molar-refractivity contribution is 7.89. The molecule has 0 aliphatic rings. The quantitative estimate of drug-likeness (QED) is 0.660. The molecule has 0 bridgehead atoms. The largest absolute Gasteiger partial charge is 0.383 e. The summed E-state index contributed by atoms with van der Waals surface area (Å²) in [6.07, 6.45) is 0. The normalized spacial score (nSPS) is 11.5. The molecule has 26 heavy (non-hydrogen) atoms. The lowest BCUT2D eigenvalue weighted by Gasteiger charge is -2.22. The van der Waals surface area contributed by atoms with Gasteiger partial charge < -0.3 is 10.1 Å². The number of nitrogens with one attached hydrogen (secondary N) is 1. The Labute approximate surface area is 158 Å². The number of ether oxygens (including phenoxy) is 1. The fourth-order valence-corrected chi connectivity index (χ4v) is 3.98. The Hall–Kier alpha value is -1.93. The van der Waals surface area contributed by atoms with Crippen molar-refractivity contribution in [3.63, 3.8) is 0 Å². The van der Waals surface area contributed by atoms with Crippen LogP contribution < -0.4 is 5.32 Å². The van der Waals surface area contributed by atoms with Crippen LogP contribution in [0.4, 0.5) is 0 Å². The molecule has 6 nitrogen and oxygen atoms in total. The zero-order chi connectivity index (χ0) is 19.0. The number of hydrogen-bond acceptors (Lipinski definition) is 4. The second-order valence-electron chi connectivity index (χ2n) is 5.56. The number of methoxy groups -OCH3 is 1. The minimum atomic E-state index is -3.89. The monoisotopic (exact) mass is 396 g/mol. The molecule has 0 saturated carbocycles. The summed E-state index contributed by atoms with van der Waals surface area (Å²) >= 11 is 5.93. The highest BCUT2D eigenvalue weighted by Gasteiger charge is 2.27. The van der Waals surface area contributed by atoms with Gasteiger partial charge in [-0.05, 0) is 23.8 Å². The molecule has 140 valence electrons. The van der Waals surface area contributed by atoms with Crippen molar-refractivity contribution in [1.82, 2.24) is 9.62 Å². The summed E-state index contributed by atoms with van der Waals surface area (Å²) < 4.78 is 32.1. The summed E-state index contributed by atoms with van der Waals surface area (Å²) in [6.45, 7) is 0.442. The van der Waals surface area contributed by atoms with Gasteiger partial charge in [-0.1, -0.05) is 48.0 Å². The van der Waals surface area contributed by atoms with Gasteiger partial charge >= 0.3 is 0 Å². The summed E-state index contributed by atoms with van der Waals surface area (Å²) in [5.41, 5.74) is 0.780. The molecule has 0 aliphatic carbocycles. The molecule has 0 aromatic heterocycles. The van der Waals surface area contributed by atoms with Crippen LogP contribution in [0.2, 0.25) is 5.02 Å². The zero-order valence-electron chi connectivity index (χ0n) is 14.4. The molecule has 0 radical (unpaired) electrons. The SMILES string of the molecule is COCCNC(=O)CN(Cc1ccccc1)S(=O)(=O)c1cccc(Cl)c1. The minimum Gasteiger partial charge on any atom is -0.383 e. The van der Waals surface area contributed by atoms with Crippen LogP contribution in [0.1, 0.15) is 5.56 Å². The maximum atomic E-state index is 13.0. The third-order valence-electron chi connectivity index (χ3n) is 3.58. The van der Waals surface area contributed by atoms with Crippen molar-refractivity contribution in [3.05, 3.63) is 65.2 Å². The van der Waals surface area contributed by atoms with E-state index in [0.717, 1.165) is 9.87 Å². The van der Waals surface area contributed by atoms with Crippen LogP contribution in [0.15, 0.2) is 59.5 Å². The van der Waals surface area contributed by atoms with Gasteiger partial charge in [0.25, 0.3) is 0 Å². The third kappa shape index (κ3) is 5.81. The zero-order valence-corrected chi connectivity index (χ0v) is 16.0. The molecule has 0 fully saturated rings. The predicted octanol–water partition coefficient (Wildman–Crippen LogP) is 2.29. The predicted molar refractivity (Wildman–Crippen MR) is 100 cm³/mol. The van der Waals surface area contributed by atoms with E-state index in [1.54, 1.807) is 12.1 Å². The molecule has 8 heteroatoms. The number of benzene rings is 2. The van der Waals surface area contributed by atoms with E-state index >= 15 is 0 Å². The van der Waals surface area contributed by atoms with E-state index in [1.165, 1.54) is 19.2 Å². The number of amides is 1. The van der Waals surface area contributed by atoms with Gasteiger partial charge in [0.2, 0.25) is 15.9 Å². The Balaban J connectivity index is 2.25. The second-order valence-corrected chi connectivity index (χ2v) is 7.93. The molecule has 0 spiro atoms. The number of carbonyl (C=O) groups is 1. The van der Waals surface area contributed by atoms with Gasteiger partial charge in [0.15, 0.2) is 0 Å². The van der Waals surface area contributed by atoms with Gasteiger partial charge in [0.05, 0.1) is 18.0 Å². The molecule has 2 rings (SSSR count). The summed E-state index contributed by atoms with van der Waals surface area (Å²) in [6, 6.07) is 15.1. The smallest absolute Gasteiger partial charge is 0.243 e. The third-order valence-corrected chi connectivity index (χ3v) is 5.61. The van der Waals surface area contributed by atoms with Gasteiger partial charge in [0, 0.05) is 25.2 Å². The molecule has 2 aromatic carbocycles. The molecular weight excluding hydrogens is 376 g/mol. The van der Waals surface area contributed by atoms with E-state index in [0.29, 0.717) is 18.2 Å².